The maximum absolute atomic E-state index is 11.2. The van der Waals surface area contributed by atoms with Crippen LogP contribution in [-0.2, 0) is 9.59 Å². The van der Waals surface area contributed by atoms with Gasteiger partial charge >= 0.3 is 0 Å². The predicted molar refractivity (Wildman–Crippen MR) is 58.0 cm³/mol. The van der Waals surface area contributed by atoms with Crippen molar-refractivity contribution in [3.05, 3.63) is 0 Å². The lowest BCUT2D eigenvalue weighted by atomic mass is 10.0. The number of hydrogen-bond donors (Lipinski definition) is 4. The van der Waals surface area contributed by atoms with Gasteiger partial charge in [0.05, 0.1) is 12.0 Å². The Balaban J connectivity index is 4.09. The molecule has 0 aromatic heterocycles. The van der Waals surface area contributed by atoms with Gasteiger partial charge in [-0.2, -0.15) is 25.3 Å². The Labute approximate surface area is 88.2 Å². The Morgan fingerprint density at radius 3 is 2.08 bits per heavy atom. The fraction of sp³-hybridized carbons (Fsp3) is 0.714. The highest BCUT2D eigenvalue weighted by atomic mass is 32.1. The molecule has 4 nitrogen and oxygen atoms in total. The van der Waals surface area contributed by atoms with E-state index in [-0.39, 0.29) is 23.7 Å². The molecule has 0 aliphatic heterocycles. The topological polar surface area (TPSA) is 86.2 Å². The normalized spacial score (nSPS) is 15.0. The largest absolute Gasteiger partial charge is 0.369 e. The average molecular weight is 222 g/mol. The zero-order valence-corrected chi connectivity index (χ0v) is 8.93. The summed E-state index contributed by atoms with van der Waals surface area (Å²) in [6.07, 6.45) is 0.0561. The molecule has 0 bridgehead atoms. The van der Waals surface area contributed by atoms with Crippen LogP contribution >= 0.6 is 25.3 Å². The number of nitrogens with two attached hydrogens (primary N) is 2. The molecular weight excluding hydrogens is 208 g/mol. The van der Waals surface area contributed by atoms with Crippen molar-refractivity contribution < 1.29 is 9.59 Å². The van der Waals surface area contributed by atoms with E-state index in [2.05, 4.69) is 25.3 Å². The van der Waals surface area contributed by atoms with Crippen LogP contribution in [0.5, 0.6) is 0 Å². The van der Waals surface area contributed by atoms with E-state index in [1.165, 1.54) is 0 Å². The standard InChI is InChI=1S/C7H14N2O2S2/c8-5(3-13)6(10)1-4(2-12)7(9)11/h4-5,12-13H,1-3,8H2,(H2,9,11)/t4-,5+/m0/s1. The fourth-order valence-electron chi connectivity index (χ4n) is 0.751. The zero-order chi connectivity index (χ0) is 10.4. The summed E-state index contributed by atoms with van der Waals surface area (Å²) in [5, 5.41) is 0. The van der Waals surface area contributed by atoms with Gasteiger partial charge < -0.3 is 11.5 Å². The molecule has 0 aromatic carbocycles. The summed E-state index contributed by atoms with van der Waals surface area (Å²) >= 11 is 7.79. The van der Waals surface area contributed by atoms with Crippen LogP contribution < -0.4 is 11.5 Å². The van der Waals surface area contributed by atoms with E-state index in [1.54, 1.807) is 0 Å². The third-order valence-electron chi connectivity index (χ3n) is 1.68. The Bertz CT molecular complexity index is 199. The molecule has 4 N–H and O–H groups in total. The molecule has 0 aromatic rings. The lowest BCUT2D eigenvalue weighted by molar-refractivity contribution is -0.127. The molecule has 0 spiro atoms. The van der Waals surface area contributed by atoms with Crippen molar-refractivity contribution in [2.45, 2.75) is 12.5 Å². The third kappa shape index (κ3) is 4.54. The van der Waals surface area contributed by atoms with Crippen molar-refractivity contribution in [1.82, 2.24) is 0 Å². The molecule has 0 aliphatic rings. The van der Waals surface area contributed by atoms with Gasteiger partial charge in [0.25, 0.3) is 0 Å². The van der Waals surface area contributed by atoms with Crippen LogP contribution in [-0.4, -0.2) is 29.2 Å². The molecule has 0 radical (unpaired) electrons. The van der Waals surface area contributed by atoms with Crippen LogP contribution in [0.2, 0.25) is 0 Å². The van der Waals surface area contributed by atoms with Crippen LogP contribution in [0.15, 0.2) is 0 Å². The minimum atomic E-state index is -0.620. The molecule has 76 valence electrons. The van der Waals surface area contributed by atoms with E-state index in [4.69, 9.17) is 11.5 Å². The van der Waals surface area contributed by atoms with Gasteiger partial charge in [-0.25, -0.2) is 0 Å². The molecule has 0 fully saturated rings. The summed E-state index contributed by atoms with van der Waals surface area (Å²) in [6, 6.07) is -0.620. The summed E-state index contributed by atoms with van der Waals surface area (Å²) < 4.78 is 0. The highest BCUT2D eigenvalue weighted by molar-refractivity contribution is 7.80. The van der Waals surface area contributed by atoms with Gasteiger partial charge in [-0.3, -0.25) is 9.59 Å². The van der Waals surface area contributed by atoms with Gasteiger partial charge in [0, 0.05) is 17.9 Å². The summed E-state index contributed by atoms with van der Waals surface area (Å²) in [5.74, 6) is -0.707. The van der Waals surface area contributed by atoms with Crippen molar-refractivity contribution >= 4 is 36.9 Å². The Hall–Kier alpha value is -0.200. The van der Waals surface area contributed by atoms with Gasteiger partial charge in [-0.1, -0.05) is 0 Å². The van der Waals surface area contributed by atoms with Crippen LogP contribution in [0, 0.1) is 5.92 Å². The number of amides is 1. The third-order valence-corrected chi connectivity index (χ3v) is 2.51. The second-order valence-electron chi connectivity index (χ2n) is 2.74. The molecule has 13 heavy (non-hydrogen) atoms. The highest BCUT2D eigenvalue weighted by Crippen LogP contribution is 2.07. The lowest BCUT2D eigenvalue weighted by Gasteiger charge is -2.12. The van der Waals surface area contributed by atoms with E-state index in [0.29, 0.717) is 0 Å². The van der Waals surface area contributed by atoms with E-state index in [0.717, 1.165) is 0 Å². The molecule has 0 rings (SSSR count). The molecule has 0 saturated heterocycles. The molecule has 2 atom stereocenters. The maximum Gasteiger partial charge on any atom is 0.221 e. The lowest BCUT2D eigenvalue weighted by Crippen LogP contribution is -2.36. The van der Waals surface area contributed by atoms with E-state index >= 15 is 0 Å². The Kier molecular flexibility index (Phi) is 6.19. The van der Waals surface area contributed by atoms with E-state index in [1.807, 2.05) is 0 Å². The number of primary amides is 1. The number of carbonyl (C=O) groups is 2. The summed E-state index contributed by atoms with van der Waals surface area (Å²) in [4.78, 5) is 22.0. The Morgan fingerprint density at radius 2 is 1.77 bits per heavy atom. The first-order valence-electron chi connectivity index (χ1n) is 3.82. The smallest absolute Gasteiger partial charge is 0.221 e. The fourth-order valence-corrected chi connectivity index (χ4v) is 1.26. The van der Waals surface area contributed by atoms with Gasteiger partial charge in [-0.05, 0) is 0 Å². The van der Waals surface area contributed by atoms with Crippen LogP contribution in [0.4, 0.5) is 0 Å². The number of rotatable bonds is 6. The molecule has 0 saturated carbocycles. The average Bonchev–Trinajstić information content (AvgIpc) is 2.11. The van der Waals surface area contributed by atoms with E-state index < -0.39 is 17.9 Å². The van der Waals surface area contributed by atoms with Crippen molar-refractivity contribution in [2.24, 2.45) is 17.4 Å². The number of thiol groups is 2. The molecule has 0 unspecified atom stereocenters. The SMILES string of the molecule is NC(=O)[C@H](CS)CC(=O)[C@H](N)CS. The summed E-state index contributed by atoms with van der Waals surface area (Å²) in [7, 11) is 0. The molecule has 0 heterocycles. The van der Waals surface area contributed by atoms with Crippen molar-refractivity contribution in [3.63, 3.8) is 0 Å². The van der Waals surface area contributed by atoms with Gasteiger partial charge in [0.15, 0.2) is 5.78 Å². The number of carbonyl (C=O) groups excluding carboxylic acids is 2. The molecular formula is C7H14N2O2S2. The van der Waals surface area contributed by atoms with Gasteiger partial charge in [-0.15, -0.1) is 0 Å². The van der Waals surface area contributed by atoms with Gasteiger partial charge in [0.2, 0.25) is 5.91 Å². The highest BCUT2D eigenvalue weighted by Gasteiger charge is 2.20. The predicted octanol–water partition coefficient (Wildman–Crippen LogP) is -0.766. The monoisotopic (exact) mass is 222 g/mol. The van der Waals surface area contributed by atoms with Crippen LogP contribution in [0.1, 0.15) is 6.42 Å². The van der Waals surface area contributed by atoms with Crippen molar-refractivity contribution in [3.8, 4) is 0 Å². The number of Topliss-reactive ketones (excluding diaryl/α,β-unsaturated/α-hetero) is 1. The second-order valence-corrected chi connectivity index (χ2v) is 3.47. The van der Waals surface area contributed by atoms with Crippen LogP contribution in [0.3, 0.4) is 0 Å². The molecule has 6 heteroatoms. The first-order valence-corrected chi connectivity index (χ1v) is 5.08. The first kappa shape index (κ1) is 12.8. The minimum absolute atomic E-state index is 0.0561. The molecule has 0 aliphatic carbocycles. The maximum atomic E-state index is 11.2. The Morgan fingerprint density at radius 1 is 1.23 bits per heavy atom. The summed E-state index contributed by atoms with van der Waals surface area (Å²) in [6.45, 7) is 0. The van der Waals surface area contributed by atoms with Crippen molar-refractivity contribution in [1.29, 1.82) is 0 Å². The quantitative estimate of drug-likeness (QED) is 0.445. The van der Waals surface area contributed by atoms with E-state index in [9.17, 15) is 9.59 Å². The summed E-state index contributed by atoms with van der Waals surface area (Å²) in [5.41, 5.74) is 10.5. The minimum Gasteiger partial charge on any atom is -0.369 e. The molecule has 1 amide bonds. The van der Waals surface area contributed by atoms with Crippen molar-refractivity contribution in [2.75, 3.05) is 11.5 Å². The first-order chi connectivity index (χ1) is 6.02. The number of hydrogen-bond acceptors (Lipinski definition) is 5. The van der Waals surface area contributed by atoms with Crippen LogP contribution in [0.25, 0.3) is 0 Å². The van der Waals surface area contributed by atoms with Gasteiger partial charge in [0.1, 0.15) is 0 Å². The zero-order valence-electron chi connectivity index (χ0n) is 7.14. The second kappa shape index (κ2) is 6.28. The number of ketones is 1.